The number of amides is 2. The number of nitrogens with one attached hydrogen (secondary N) is 1. The van der Waals surface area contributed by atoms with Gasteiger partial charge in [-0.15, -0.1) is 0 Å². The molecule has 0 spiro atoms. The van der Waals surface area contributed by atoms with Gasteiger partial charge in [0.25, 0.3) is 11.8 Å². The Balaban J connectivity index is 1.69. The first-order valence-electron chi connectivity index (χ1n) is 6.92. The number of carbonyl (C=O) groups excluding carboxylic acids is 2. The van der Waals surface area contributed by atoms with Crippen LogP contribution >= 0.6 is 0 Å². The van der Waals surface area contributed by atoms with Crippen LogP contribution in [0.25, 0.3) is 0 Å². The highest BCUT2D eigenvalue weighted by molar-refractivity contribution is 6.03. The van der Waals surface area contributed by atoms with Gasteiger partial charge in [0, 0.05) is 31.2 Å². The zero-order valence-corrected chi connectivity index (χ0v) is 12.2. The summed E-state index contributed by atoms with van der Waals surface area (Å²) in [6.07, 6.45) is 1.71. The highest BCUT2D eigenvalue weighted by Gasteiger charge is 2.20. The van der Waals surface area contributed by atoms with Crippen molar-refractivity contribution in [3.8, 4) is 0 Å². The van der Waals surface area contributed by atoms with Gasteiger partial charge in [0.15, 0.2) is 5.69 Å². The van der Waals surface area contributed by atoms with Crippen LogP contribution in [-0.4, -0.2) is 41.4 Å². The second kappa shape index (κ2) is 5.98. The average Bonchev–Trinajstić information content (AvgIpc) is 2.95. The van der Waals surface area contributed by atoms with E-state index < -0.39 is 0 Å². The molecule has 0 unspecified atom stereocenters. The van der Waals surface area contributed by atoms with Crippen LogP contribution in [-0.2, 0) is 16.6 Å². The van der Waals surface area contributed by atoms with Crippen LogP contribution < -0.4 is 10.2 Å². The smallest absolute Gasteiger partial charge is 0.276 e. The second-order valence-corrected chi connectivity index (χ2v) is 4.97. The molecule has 0 aliphatic carbocycles. The van der Waals surface area contributed by atoms with Gasteiger partial charge in [0.2, 0.25) is 0 Å². The van der Waals surface area contributed by atoms with Gasteiger partial charge in [-0.25, -0.2) is 0 Å². The van der Waals surface area contributed by atoms with Crippen molar-refractivity contribution >= 4 is 23.2 Å². The van der Waals surface area contributed by atoms with E-state index in [-0.39, 0.29) is 18.4 Å². The molecule has 0 radical (unpaired) electrons. The Hall–Kier alpha value is -2.67. The average molecular weight is 300 g/mol. The van der Waals surface area contributed by atoms with E-state index in [2.05, 4.69) is 10.4 Å². The molecule has 1 saturated heterocycles. The SMILES string of the molecule is Cn1ccc(C(=O)Nc2ccc(N3CCOCC3=O)cc2)n1. The van der Waals surface area contributed by atoms with Gasteiger partial charge >= 0.3 is 0 Å². The van der Waals surface area contributed by atoms with Crippen molar-refractivity contribution in [3.63, 3.8) is 0 Å². The summed E-state index contributed by atoms with van der Waals surface area (Å²) >= 11 is 0. The molecule has 0 atom stereocenters. The summed E-state index contributed by atoms with van der Waals surface area (Å²) in [5.74, 6) is -0.327. The number of aryl methyl sites for hydroxylation is 1. The topological polar surface area (TPSA) is 76.5 Å². The van der Waals surface area contributed by atoms with Gasteiger partial charge in [-0.2, -0.15) is 5.10 Å². The van der Waals surface area contributed by atoms with Crippen molar-refractivity contribution < 1.29 is 14.3 Å². The third-order valence-electron chi connectivity index (χ3n) is 3.37. The van der Waals surface area contributed by atoms with Crippen LogP contribution in [0.3, 0.4) is 0 Å². The summed E-state index contributed by atoms with van der Waals surface area (Å²) in [7, 11) is 1.75. The summed E-state index contributed by atoms with van der Waals surface area (Å²) in [5, 5.41) is 6.82. The molecular formula is C15H16N4O3. The molecule has 22 heavy (non-hydrogen) atoms. The zero-order chi connectivity index (χ0) is 15.5. The lowest BCUT2D eigenvalue weighted by molar-refractivity contribution is -0.125. The van der Waals surface area contributed by atoms with Crippen LogP contribution in [0.1, 0.15) is 10.5 Å². The molecule has 0 saturated carbocycles. The molecule has 1 N–H and O–H groups in total. The summed E-state index contributed by atoms with van der Waals surface area (Å²) in [5.41, 5.74) is 1.80. The van der Waals surface area contributed by atoms with E-state index in [0.717, 1.165) is 5.69 Å². The molecule has 1 fully saturated rings. The number of anilines is 2. The van der Waals surface area contributed by atoms with E-state index in [9.17, 15) is 9.59 Å². The lowest BCUT2D eigenvalue weighted by Crippen LogP contribution is -2.41. The Morgan fingerprint density at radius 3 is 2.68 bits per heavy atom. The molecule has 7 heteroatoms. The number of hydrogen-bond acceptors (Lipinski definition) is 4. The molecule has 2 amide bonds. The van der Waals surface area contributed by atoms with Gasteiger partial charge < -0.3 is 15.0 Å². The van der Waals surface area contributed by atoms with E-state index in [0.29, 0.717) is 24.5 Å². The first kappa shape index (κ1) is 14.3. The molecule has 2 aromatic rings. The molecule has 2 heterocycles. The van der Waals surface area contributed by atoms with Crippen molar-refractivity contribution in [1.29, 1.82) is 0 Å². The zero-order valence-electron chi connectivity index (χ0n) is 12.2. The quantitative estimate of drug-likeness (QED) is 0.918. The van der Waals surface area contributed by atoms with E-state index in [1.165, 1.54) is 0 Å². The molecule has 1 aliphatic rings. The lowest BCUT2D eigenvalue weighted by atomic mass is 10.2. The third kappa shape index (κ3) is 2.99. The summed E-state index contributed by atoms with van der Waals surface area (Å²) < 4.78 is 6.68. The lowest BCUT2D eigenvalue weighted by Gasteiger charge is -2.26. The van der Waals surface area contributed by atoms with Crippen molar-refractivity contribution in [3.05, 3.63) is 42.2 Å². The molecule has 7 nitrogen and oxygen atoms in total. The minimum Gasteiger partial charge on any atom is -0.370 e. The fourth-order valence-corrected chi connectivity index (χ4v) is 2.25. The molecular weight excluding hydrogens is 284 g/mol. The molecule has 1 aliphatic heterocycles. The Morgan fingerprint density at radius 2 is 2.05 bits per heavy atom. The van der Waals surface area contributed by atoms with Gasteiger partial charge in [-0.05, 0) is 30.3 Å². The van der Waals surface area contributed by atoms with E-state index in [4.69, 9.17) is 4.74 Å². The molecule has 1 aromatic heterocycles. The predicted molar refractivity (Wildman–Crippen MR) is 80.8 cm³/mol. The minimum absolute atomic E-state index is 0.0588. The van der Waals surface area contributed by atoms with Gasteiger partial charge in [-0.3, -0.25) is 14.3 Å². The van der Waals surface area contributed by atoms with Gasteiger partial charge in [0.1, 0.15) is 6.61 Å². The first-order valence-corrected chi connectivity index (χ1v) is 6.92. The van der Waals surface area contributed by atoms with Crippen molar-refractivity contribution in [2.24, 2.45) is 7.05 Å². The fourth-order valence-electron chi connectivity index (χ4n) is 2.25. The Kier molecular flexibility index (Phi) is 3.88. The highest BCUT2D eigenvalue weighted by Crippen LogP contribution is 2.20. The number of benzene rings is 1. The number of morpholine rings is 1. The molecule has 1 aromatic carbocycles. The summed E-state index contributed by atoms with van der Waals surface area (Å²) in [4.78, 5) is 25.4. The maximum atomic E-state index is 12.0. The highest BCUT2D eigenvalue weighted by atomic mass is 16.5. The van der Waals surface area contributed by atoms with Crippen LogP contribution in [0.15, 0.2) is 36.5 Å². The first-order chi connectivity index (χ1) is 10.6. The van der Waals surface area contributed by atoms with Crippen molar-refractivity contribution in [2.75, 3.05) is 30.0 Å². The monoisotopic (exact) mass is 300 g/mol. The maximum absolute atomic E-state index is 12.0. The van der Waals surface area contributed by atoms with Gasteiger partial charge in [0.05, 0.1) is 6.61 Å². The van der Waals surface area contributed by atoms with E-state index >= 15 is 0 Å². The fraction of sp³-hybridized carbons (Fsp3) is 0.267. The summed E-state index contributed by atoms with van der Waals surface area (Å²) in [6, 6.07) is 8.78. The number of hydrogen-bond donors (Lipinski definition) is 1. The maximum Gasteiger partial charge on any atom is 0.276 e. The van der Waals surface area contributed by atoms with Crippen LogP contribution in [0.5, 0.6) is 0 Å². The Bertz CT molecular complexity index is 693. The molecule has 0 bridgehead atoms. The number of nitrogens with zero attached hydrogens (tertiary/aromatic N) is 3. The molecule has 114 valence electrons. The number of aromatic nitrogens is 2. The summed E-state index contributed by atoms with van der Waals surface area (Å²) in [6.45, 7) is 1.18. The standard InChI is InChI=1S/C15H16N4O3/c1-18-7-6-13(17-18)15(21)16-11-2-4-12(5-3-11)19-8-9-22-10-14(19)20/h2-7H,8-10H2,1H3,(H,16,21). The van der Waals surface area contributed by atoms with Crippen molar-refractivity contribution in [1.82, 2.24) is 9.78 Å². The third-order valence-corrected chi connectivity index (χ3v) is 3.37. The Morgan fingerprint density at radius 1 is 1.27 bits per heavy atom. The number of rotatable bonds is 3. The number of ether oxygens (including phenoxy) is 1. The van der Waals surface area contributed by atoms with Crippen LogP contribution in [0.4, 0.5) is 11.4 Å². The predicted octanol–water partition coefficient (Wildman–Crippen LogP) is 1.04. The molecule has 3 rings (SSSR count). The van der Waals surface area contributed by atoms with Crippen molar-refractivity contribution in [2.45, 2.75) is 0 Å². The minimum atomic E-state index is -0.268. The normalized spacial score (nSPS) is 15.0. The Labute approximate surface area is 127 Å². The largest absolute Gasteiger partial charge is 0.370 e. The second-order valence-electron chi connectivity index (χ2n) is 4.97. The van der Waals surface area contributed by atoms with Crippen LogP contribution in [0, 0.1) is 0 Å². The van der Waals surface area contributed by atoms with E-state index in [1.807, 2.05) is 0 Å². The van der Waals surface area contributed by atoms with Crippen LogP contribution in [0.2, 0.25) is 0 Å². The van der Waals surface area contributed by atoms with Gasteiger partial charge in [-0.1, -0.05) is 0 Å². The van der Waals surface area contributed by atoms with E-state index in [1.54, 1.807) is 53.2 Å². The number of carbonyl (C=O) groups is 2.